The lowest BCUT2D eigenvalue weighted by Gasteiger charge is -2.26. The Balaban J connectivity index is 2.12. The van der Waals surface area contributed by atoms with E-state index in [2.05, 4.69) is 20.6 Å². The van der Waals surface area contributed by atoms with Gasteiger partial charge in [-0.2, -0.15) is 5.10 Å². The normalized spacial score (nSPS) is 19.9. The third-order valence-corrected chi connectivity index (χ3v) is 3.53. The van der Waals surface area contributed by atoms with Gasteiger partial charge in [-0.3, -0.25) is 5.43 Å². The number of carbonyl (C=O) groups excluding carboxylic acids is 2. The summed E-state index contributed by atoms with van der Waals surface area (Å²) in [6, 6.07) is 7.07. The van der Waals surface area contributed by atoms with Crippen LogP contribution in [-0.4, -0.2) is 44.0 Å². The van der Waals surface area contributed by atoms with E-state index in [1.165, 1.54) is 14.2 Å². The summed E-state index contributed by atoms with van der Waals surface area (Å²) in [4.78, 5) is 23.7. The lowest BCUT2D eigenvalue weighted by atomic mass is 9.94. The number of carbonyl (C=O) groups is 2. The number of nitrogens with zero attached hydrogens (tertiary/aromatic N) is 1. The Kier molecular flexibility index (Phi) is 4.87. The first-order chi connectivity index (χ1) is 10.5. The quantitative estimate of drug-likeness (QED) is 0.790. The molecule has 0 saturated carbocycles. The van der Waals surface area contributed by atoms with Crippen LogP contribution in [0.4, 0.5) is 5.69 Å². The highest BCUT2D eigenvalue weighted by Gasteiger charge is 2.46. The molecule has 1 atom stereocenters. The summed E-state index contributed by atoms with van der Waals surface area (Å²) in [7, 11) is 2.54. The molecular formula is C14H16ClN3O4. The van der Waals surface area contributed by atoms with E-state index in [0.717, 1.165) is 5.69 Å². The average molecular weight is 326 g/mol. The monoisotopic (exact) mass is 325 g/mol. The summed E-state index contributed by atoms with van der Waals surface area (Å²) in [5.74, 6) is -1.11. The van der Waals surface area contributed by atoms with Crippen molar-refractivity contribution >= 4 is 34.9 Å². The molecule has 1 unspecified atom stereocenters. The van der Waals surface area contributed by atoms with Gasteiger partial charge in [0.2, 0.25) is 0 Å². The Labute approximate surface area is 132 Å². The van der Waals surface area contributed by atoms with E-state index < -0.39 is 17.5 Å². The number of esters is 2. The van der Waals surface area contributed by atoms with Crippen molar-refractivity contribution in [2.75, 3.05) is 26.1 Å². The molecule has 0 amide bonds. The second-order valence-corrected chi connectivity index (χ2v) is 5.21. The van der Waals surface area contributed by atoms with Gasteiger partial charge in [0.1, 0.15) is 5.71 Å². The van der Waals surface area contributed by atoms with Crippen molar-refractivity contribution < 1.29 is 19.1 Å². The number of rotatable bonds is 5. The Morgan fingerprint density at radius 3 is 2.82 bits per heavy atom. The second-order valence-electron chi connectivity index (χ2n) is 4.78. The topological polar surface area (TPSA) is 89.0 Å². The molecule has 2 rings (SSSR count). The van der Waals surface area contributed by atoms with Crippen LogP contribution in [0.2, 0.25) is 5.02 Å². The van der Waals surface area contributed by atoms with Crippen LogP contribution >= 0.6 is 11.6 Å². The molecule has 0 aromatic heterocycles. The second kappa shape index (κ2) is 6.65. The predicted octanol–water partition coefficient (Wildman–Crippen LogP) is 1.19. The van der Waals surface area contributed by atoms with Gasteiger partial charge in [0.05, 0.1) is 20.8 Å². The maximum atomic E-state index is 12.1. The lowest BCUT2D eigenvalue weighted by Crippen LogP contribution is -2.53. The summed E-state index contributed by atoms with van der Waals surface area (Å²) in [6.45, 7) is 0.171. The maximum Gasteiger partial charge on any atom is 0.354 e. The van der Waals surface area contributed by atoms with Crippen LogP contribution in [-0.2, 0) is 19.1 Å². The van der Waals surface area contributed by atoms with Crippen molar-refractivity contribution in [1.82, 2.24) is 5.43 Å². The average Bonchev–Trinajstić information content (AvgIpc) is 2.97. The summed E-state index contributed by atoms with van der Waals surface area (Å²) in [6.07, 6.45) is 0.0694. The molecule has 1 heterocycles. The molecule has 22 heavy (non-hydrogen) atoms. The van der Waals surface area contributed by atoms with Gasteiger partial charge in [0.15, 0.2) is 5.54 Å². The zero-order valence-electron chi connectivity index (χ0n) is 12.2. The number of hydrazone groups is 1. The first-order valence-electron chi connectivity index (χ1n) is 6.50. The Morgan fingerprint density at radius 2 is 2.18 bits per heavy atom. The largest absolute Gasteiger partial charge is 0.467 e. The summed E-state index contributed by atoms with van der Waals surface area (Å²) < 4.78 is 9.44. The van der Waals surface area contributed by atoms with Crippen molar-refractivity contribution in [3.63, 3.8) is 0 Å². The highest BCUT2D eigenvalue weighted by Crippen LogP contribution is 2.22. The molecule has 1 aliphatic rings. The first-order valence-corrected chi connectivity index (χ1v) is 6.88. The van der Waals surface area contributed by atoms with Gasteiger partial charge in [-0.05, 0) is 18.2 Å². The summed E-state index contributed by atoms with van der Waals surface area (Å²) in [5, 5.41) is 7.54. The van der Waals surface area contributed by atoms with Crippen molar-refractivity contribution in [2.24, 2.45) is 5.10 Å². The molecule has 0 saturated heterocycles. The van der Waals surface area contributed by atoms with Gasteiger partial charge in [0.25, 0.3) is 0 Å². The van der Waals surface area contributed by atoms with E-state index in [1.807, 2.05) is 6.07 Å². The molecule has 7 nitrogen and oxygen atoms in total. The molecule has 1 aliphatic heterocycles. The predicted molar refractivity (Wildman–Crippen MR) is 81.9 cm³/mol. The number of benzene rings is 1. The van der Waals surface area contributed by atoms with Crippen molar-refractivity contribution in [3.05, 3.63) is 29.3 Å². The van der Waals surface area contributed by atoms with E-state index in [1.54, 1.807) is 18.2 Å². The minimum absolute atomic E-state index is 0.0694. The molecule has 0 fully saturated rings. The van der Waals surface area contributed by atoms with E-state index in [9.17, 15) is 9.59 Å². The van der Waals surface area contributed by atoms with Crippen molar-refractivity contribution in [3.8, 4) is 0 Å². The lowest BCUT2D eigenvalue weighted by molar-refractivity contribution is -0.147. The minimum Gasteiger partial charge on any atom is -0.467 e. The van der Waals surface area contributed by atoms with Crippen molar-refractivity contribution in [2.45, 2.75) is 12.0 Å². The number of methoxy groups -OCH3 is 2. The molecule has 0 radical (unpaired) electrons. The zero-order chi connectivity index (χ0) is 16.2. The maximum absolute atomic E-state index is 12.1. The number of ether oxygens (including phenoxy) is 2. The standard InChI is InChI=1S/C14H16ClN3O4/c1-21-12(19)11-7-14(18-17-11,13(20)22-2)8-16-10-5-3-4-9(15)6-10/h3-6,16,18H,7-8H2,1-2H3. The Morgan fingerprint density at radius 1 is 1.41 bits per heavy atom. The van der Waals surface area contributed by atoms with Crippen LogP contribution in [0.25, 0.3) is 0 Å². The van der Waals surface area contributed by atoms with Crippen molar-refractivity contribution in [1.29, 1.82) is 0 Å². The van der Waals surface area contributed by atoms with Crippen LogP contribution in [0.5, 0.6) is 0 Å². The van der Waals surface area contributed by atoms with Crippen LogP contribution in [0.15, 0.2) is 29.4 Å². The van der Waals surface area contributed by atoms with E-state index >= 15 is 0 Å². The fourth-order valence-corrected chi connectivity index (χ4v) is 2.30. The van der Waals surface area contributed by atoms with Gasteiger partial charge >= 0.3 is 11.9 Å². The summed E-state index contributed by atoms with van der Waals surface area (Å²) >= 11 is 5.92. The van der Waals surface area contributed by atoms with Gasteiger partial charge in [-0.15, -0.1) is 0 Å². The SMILES string of the molecule is COC(=O)C1=NNC(CNc2cccc(Cl)c2)(C(=O)OC)C1. The van der Waals surface area contributed by atoms with E-state index in [0.29, 0.717) is 5.02 Å². The first kappa shape index (κ1) is 16.1. The van der Waals surface area contributed by atoms with Gasteiger partial charge in [-0.1, -0.05) is 17.7 Å². The fourth-order valence-electron chi connectivity index (χ4n) is 2.11. The van der Waals surface area contributed by atoms with Crippen LogP contribution in [0.3, 0.4) is 0 Å². The van der Waals surface area contributed by atoms with Gasteiger partial charge < -0.3 is 14.8 Å². The van der Waals surface area contributed by atoms with Gasteiger partial charge in [-0.25, -0.2) is 9.59 Å². The number of hydrogen-bond acceptors (Lipinski definition) is 7. The van der Waals surface area contributed by atoms with Gasteiger partial charge in [0, 0.05) is 17.1 Å². The third-order valence-electron chi connectivity index (χ3n) is 3.29. The van der Waals surface area contributed by atoms with Crippen LogP contribution in [0.1, 0.15) is 6.42 Å². The molecule has 8 heteroatoms. The van der Waals surface area contributed by atoms with Crippen LogP contribution in [0, 0.1) is 0 Å². The molecule has 1 aromatic rings. The molecule has 0 bridgehead atoms. The minimum atomic E-state index is -1.17. The Hall–Kier alpha value is -2.28. The zero-order valence-corrected chi connectivity index (χ0v) is 12.9. The van der Waals surface area contributed by atoms with E-state index in [-0.39, 0.29) is 18.7 Å². The Bertz CT molecular complexity index is 620. The fraction of sp³-hybridized carbons (Fsp3) is 0.357. The molecule has 118 valence electrons. The number of anilines is 1. The number of nitrogens with one attached hydrogen (secondary N) is 2. The molecule has 0 spiro atoms. The molecule has 0 aliphatic carbocycles. The highest BCUT2D eigenvalue weighted by molar-refractivity contribution is 6.37. The van der Waals surface area contributed by atoms with E-state index in [4.69, 9.17) is 16.3 Å². The molecule has 1 aromatic carbocycles. The summed E-state index contributed by atoms with van der Waals surface area (Å²) in [5.41, 5.74) is 2.40. The highest BCUT2D eigenvalue weighted by atomic mass is 35.5. The smallest absolute Gasteiger partial charge is 0.354 e. The number of halogens is 1. The third kappa shape index (κ3) is 3.30. The van der Waals surface area contributed by atoms with Crippen LogP contribution < -0.4 is 10.7 Å². The molecular weight excluding hydrogens is 310 g/mol. The number of hydrogen-bond donors (Lipinski definition) is 2. The molecule has 2 N–H and O–H groups in total.